The summed E-state index contributed by atoms with van der Waals surface area (Å²) in [4.78, 5) is 9.00. The van der Waals surface area contributed by atoms with Crippen LogP contribution in [0, 0.1) is 0 Å². The largest absolute Gasteiger partial charge is 0.290 e. The van der Waals surface area contributed by atoms with Gasteiger partial charge >= 0.3 is 0 Å². The first-order valence-electron chi connectivity index (χ1n) is 6.60. The van der Waals surface area contributed by atoms with Crippen LogP contribution in [0.3, 0.4) is 0 Å². The molecule has 1 aromatic heterocycles. The summed E-state index contributed by atoms with van der Waals surface area (Å²) in [6.07, 6.45) is 7.94. The fourth-order valence-corrected chi connectivity index (χ4v) is 2.62. The quantitative estimate of drug-likeness (QED) is 0.649. The van der Waals surface area contributed by atoms with Gasteiger partial charge in [-0.2, -0.15) is 0 Å². The van der Waals surface area contributed by atoms with Gasteiger partial charge in [0.05, 0.1) is 17.2 Å². The highest BCUT2D eigenvalue weighted by Crippen LogP contribution is 2.24. The molecule has 0 unspecified atom stereocenters. The summed E-state index contributed by atoms with van der Waals surface area (Å²) < 4.78 is 0. The topological polar surface area (TPSA) is 55.0 Å². The maximum Gasteiger partial charge on any atom is 0.162 e. The Kier molecular flexibility index (Phi) is 3.11. The summed E-state index contributed by atoms with van der Waals surface area (Å²) in [6.45, 7) is 0. The van der Waals surface area contributed by atoms with Crippen LogP contribution in [0.5, 0.6) is 0 Å². The Morgan fingerprint density at radius 1 is 1.06 bits per heavy atom. The van der Waals surface area contributed by atoms with Crippen molar-refractivity contribution in [2.75, 3.05) is 5.01 Å². The van der Waals surface area contributed by atoms with Gasteiger partial charge < -0.3 is 0 Å². The van der Waals surface area contributed by atoms with Gasteiger partial charge in [0.1, 0.15) is 0 Å². The Morgan fingerprint density at radius 3 is 2.56 bits per heavy atom. The second kappa shape index (κ2) is 4.90. The average Bonchev–Trinajstić information content (AvgIpc) is 2.47. The van der Waals surface area contributed by atoms with Gasteiger partial charge in [-0.25, -0.2) is 10.8 Å². The van der Waals surface area contributed by atoms with Crippen LogP contribution in [0.1, 0.15) is 32.1 Å². The lowest BCUT2D eigenvalue weighted by atomic mass is 9.95. The van der Waals surface area contributed by atoms with Crippen LogP contribution < -0.4 is 10.9 Å². The zero-order valence-electron chi connectivity index (χ0n) is 10.4. The molecule has 4 nitrogen and oxygen atoms in total. The molecule has 18 heavy (non-hydrogen) atoms. The first kappa shape index (κ1) is 11.4. The normalized spacial score (nSPS) is 16.9. The maximum absolute atomic E-state index is 6.19. The molecule has 0 atom stereocenters. The van der Waals surface area contributed by atoms with Crippen molar-refractivity contribution in [3.63, 3.8) is 0 Å². The van der Waals surface area contributed by atoms with E-state index in [2.05, 4.69) is 9.97 Å². The molecule has 0 aliphatic heterocycles. The van der Waals surface area contributed by atoms with Gasteiger partial charge in [0.15, 0.2) is 5.82 Å². The van der Waals surface area contributed by atoms with Crippen molar-refractivity contribution in [2.45, 2.75) is 38.1 Å². The average molecular weight is 242 g/mol. The summed E-state index contributed by atoms with van der Waals surface area (Å²) >= 11 is 0. The number of nitrogens with zero attached hydrogens (tertiary/aromatic N) is 3. The van der Waals surface area contributed by atoms with Crippen LogP contribution in [0.25, 0.3) is 11.0 Å². The van der Waals surface area contributed by atoms with Crippen molar-refractivity contribution in [2.24, 2.45) is 5.84 Å². The number of hydrogen-bond acceptors (Lipinski definition) is 4. The van der Waals surface area contributed by atoms with Gasteiger partial charge in [0, 0.05) is 6.04 Å². The number of nitrogens with two attached hydrogens (primary N) is 1. The molecule has 0 saturated heterocycles. The minimum atomic E-state index is 0.411. The Bertz CT molecular complexity index is 534. The number of anilines is 1. The maximum atomic E-state index is 6.19. The number of aromatic nitrogens is 2. The van der Waals surface area contributed by atoms with Crippen molar-refractivity contribution in [3.8, 4) is 0 Å². The van der Waals surface area contributed by atoms with Crippen molar-refractivity contribution in [1.29, 1.82) is 0 Å². The van der Waals surface area contributed by atoms with Gasteiger partial charge in [-0.1, -0.05) is 31.4 Å². The molecule has 1 fully saturated rings. The molecule has 1 aliphatic carbocycles. The van der Waals surface area contributed by atoms with E-state index >= 15 is 0 Å². The fraction of sp³-hybridized carbons (Fsp3) is 0.429. The second-order valence-corrected chi connectivity index (χ2v) is 4.92. The number of hydrazine groups is 1. The van der Waals surface area contributed by atoms with Gasteiger partial charge in [0.25, 0.3) is 0 Å². The number of hydrogen-bond donors (Lipinski definition) is 1. The number of para-hydroxylation sites is 2. The SMILES string of the molecule is NN(c1cnc2ccccc2n1)C1CCCCC1. The minimum Gasteiger partial charge on any atom is -0.290 e. The lowest BCUT2D eigenvalue weighted by Crippen LogP contribution is -2.43. The van der Waals surface area contributed by atoms with Crippen molar-refractivity contribution < 1.29 is 0 Å². The minimum absolute atomic E-state index is 0.411. The molecular weight excluding hydrogens is 224 g/mol. The van der Waals surface area contributed by atoms with Crippen LogP contribution in [-0.4, -0.2) is 16.0 Å². The fourth-order valence-electron chi connectivity index (χ4n) is 2.62. The second-order valence-electron chi connectivity index (χ2n) is 4.92. The van der Waals surface area contributed by atoms with Crippen LogP contribution in [0.15, 0.2) is 30.5 Å². The summed E-state index contributed by atoms with van der Waals surface area (Å²) in [5, 5.41) is 1.80. The van der Waals surface area contributed by atoms with Crippen LogP contribution in [0.4, 0.5) is 5.82 Å². The number of rotatable bonds is 2. The Morgan fingerprint density at radius 2 is 1.78 bits per heavy atom. The highest BCUT2D eigenvalue weighted by atomic mass is 15.4. The van der Waals surface area contributed by atoms with E-state index in [-0.39, 0.29) is 0 Å². The summed E-state index contributed by atoms with van der Waals surface area (Å²) in [5.41, 5.74) is 1.82. The van der Waals surface area contributed by atoms with Crippen molar-refractivity contribution >= 4 is 16.9 Å². The standard InChI is InChI=1S/C14H18N4/c15-18(11-6-2-1-3-7-11)14-10-16-12-8-4-5-9-13(12)17-14/h4-5,8-11H,1-3,6-7,15H2. The molecular formula is C14H18N4. The third-order valence-corrected chi connectivity index (χ3v) is 3.67. The molecule has 1 aromatic carbocycles. The molecule has 1 heterocycles. The molecule has 0 spiro atoms. The zero-order valence-corrected chi connectivity index (χ0v) is 10.4. The van der Waals surface area contributed by atoms with E-state index in [9.17, 15) is 0 Å². The molecule has 94 valence electrons. The van der Waals surface area contributed by atoms with Crippen LogP contribution in [-0.2, 0) is 0 Å². The molecule has 2 aromatic rings. The Hall–Kier alpha value is -1.68. The van der Waals surface area contributed by atoms with Crippen molar-refractivity contribution in [3.05, 3.63) is 30.5 Å². The molecule has 0 amide bonds. The highest BCUT2D eigenvalue weighted by molar-refractivity contribution is 5.75. The van der Waals surface area contributed by atoms with Gasteiger partial charge in [-0.15, -0.1) is 0 Å². The van der Waals surface area contributed by atoms with Crippen LogP contribution in [0.2, 0.25) is 0 Å². The van der Waals surface area contributed by atoms with E-state index < -0.39 is 0 Å². The predicted molar refractivity (Wildman–Crippen MR) is 73.1 cm³/mol. The smallest absolute Gasteiger partial charge is 0.162 e. The Labute approximate surface area is 107 Å². The Balaban J connectivity index is 1.88. The summed E-state index contributed by atoms with van der Waals surface area (Å²) in [6, 6.07) is 8.29. The van der Waals surface area contributed by atoms with E-state index in [1.165, 1.54) is 19.3 Å². The lowest BCUT2D eigenvalue weighted by Gasteiger charge is -2.31. The number of benzene rings is 1. The monoisotopic (exact) mass is 242 g/mol. The summed E-state index contributed by atoms with van der Waals surface area (Å²) in [7, 11) is 0. The molecule has 1 aliphatic rings. The van der Waals surface area contributed by atoms with E-state index in [0.29, 0.717) is 6.04 Å². The van der Waals surface area contributed by atoms with E-state index in [1.54, 1.807) is 11.2 Å². The van der Waals surface area contributed by atoms with E-state index in [4.69, 9.17) is 5.84 Å². The molecule has 2 N–H and O–H groups in total. The summed E-state index contributed by atoms with van der Waals surface area (Å²) in [5.74, 6) is 6.97. The predicted octanol–water partition coefficient (Wildman–Crippen LogP) is 2.64. The number of fused-ring (bicyclic) bond motifs is 1. The van der Waals surface area contributed by atoms with E-state index in [1.807, 2.05) is 24.3 Å². The zero-order chi connectivity index (χ0) is 12.4. The first-order chi connectivity index (χ1) is 8.84. The van der Waals surface area contributed by atoms with Gasteiger partial charge in [-0.3, -0.25) is 9.99 Å². The van der Waals surface area contributed by atoms with Crippen LogP contribution >= 0.6 is 0 Å². The van der Waals surface area contributed by atoms with Crippen molar-refractivity contribution in [1.82, 2.24) is 9.97 Å². The molecule has 4 heteroatoms. The lowest BCUT2D eigenvalue weighted by molar-refractivity contribution is 0.416. The van der Waals surface area contributed by atoms with E-state index in [0.717, 1.165) is 29.7 Å². The first-order valence-corrected chi connectivity index (χ1v) is 6.60. The third-order valence-electron chi connectivity index (χ3n) is 3.67. The highest BCUT2D eigenvalue weighted by Gasteiger charge is 2.20. The molecule has 0 bridgehead atoms. The molecule has 1 saturated carbocycles. The van der Waals surface area contributed by atoms with Gasteiger partial charge in [0.2, 0.25) is 0 Å². The van der Waals surface area contributed by atoms with Gasteiger partial charge in [-0.05, 0) is 25.0 Å². The molecule has 3 rings (SSSR count). The third kappa shape index (κ3) is 2.16. The molecule has 0 radical (unpaired) electrons.